The van der Waals surface area contributed by atoms with Gasteiger partial charge in [-0.15, -0.1) is 0 Å². The topological polar surface area (TPSA) is 66.8 Å². The average Bonchev–Trinajstić information content (AvgIpc) is 2.41. The van der Waals surface area contributed by atoms with Crippen molar-refractivity contribution in [3.8, 4) is 0 Å². The SMILES string of the molecule is CC(O)C(=O)O.c1ccc([SiH]2CCCCO2)cc1. The predicted molar refractivity (Wildman–Crippen MR) is 72.5 cm³/mol. The molecule has 18 heavy (non-hydrogen) atoms. The third kappa shape index (κ3) is 5.44. The quantitative estimate of drug-likeness (QED) is 0.781. The van der Waals surface area contributed by atoms with Gasteiger partial charge in [0.25, 0.3) is 0 Å². The van der Waals surface area contributed by atoms with Crippen LogP contribution >= 0.6 is 0 Å². The molecule has 0 spiro atoms. The first-order valence-corrected chi connectivity index (χ1v) is 8.05. The molecule has 2 unspecified atom stereocenters. The van der Waals surface area contributed by atoms with Crippen LogP contribution in [0.1, 0.15) is 19.8 Å². The van der Waals surface area contributed by atoms with Crippen LogP contribution in [0, 0.1) is 0 Å². The summed E-state index contributed by atoms with van der Waals surface area (Å²) in [5, 5.41) is 17.2. The standard InChI is InChI=1S/C10H14OSi.C3H6O3/c1-2-6-10(7-3-1)12-9-5-4-8-11-12;1-2(4)3(5)6/h1-3,6-7,12H,4-5,8-9H2;2,4H,1H3,(H,5,6). The van der Waals surface area contributed by atoms with Crippen molar-refractivity contribution in [3.63, 3.8) is 0 Å². The molecule has 2 rings (SSSR count). The smallest absolute Gasteiger partial charge is 0.332 e. The molecule has 0 saturated carbocycles. The molecular weight excluding hydrogens is 248 g/mol. The molecule has 1 aliphatic heterocycles. The fourth-order valence-electron chi connectivity index (χ4n) is 1.67. The molecular formula is C13H20O4Si. The van der Waals surface area contributed by atoms with Crippen molar-refractivity contribution in [1.29, 1.82) is 0 Å². The van der Waals surface area contributed by atoms with Gasteiger partial charge >= 0.3 is 5.97 Å². The maximum atomic E-state index is 9.45. The van der Waals surface area contributed by atoms with E-state index in [1.165, 1.54) is 31.0 Å². The molecule has 1 aromatic rings. The molecule has 0 amide bonds. The number of carboxylic acids is 1. The Labute approximate surface area is 109 Å². The minimum Gasteiger partial charge on any atom is -0.479 e. The van der Waals surface area contributed by atoms with Gasteiger partial charge in [-0.2, -0.15) is 0 Å². The normalized spacial score (nSPS) is 20.4. The van der Waals surface area contributed by atoms with Gasteiger partial charge in [-0.1, -0.05) is 36.8 Å². The van der Waals surface area contributed by atoms with Gasteiger partial charge in [0, 0.05) is 6.61 Å². The summed E-state index contributed by atoms with van der Waals surface area (Å²) in [6.45, 7) is 2.19. The van der Waals surface area contributed by atoms with Gasteiger partial charge in [0.2, 0.25) is 9.04 Å². The van der Waals surface area contributed by atoms with Gasteiger partial charge in [-0.25, -0.2) is 4.79 Å². The maximum absolute atomic E-state index is 9.45. The van der Waals surface area contributed by atoms with Gasteiger partial charge < -0.3 is 14.6 Å². The van der Waals surface area contributed by atoms with Gasteiger partial charge in [-0.05, 0) is 24.6 Å². The first kappa shape index (κ1) is 14.9. The Morgan fingerprint density at radius 2 is 1.94 bits per heavy atom. The van der Waals surface area contributed by atoms with E-state index in [0.29, 0.717) is 0 Å². The van der Waals surface area contributed by atoms with Crippen LogP contribution in [-0.4, -0.2) is 37.9 Å². The van der Waals surface area contributed by atoms with E-state index >= 15 is 0 Å². The van der Waals surface area contributed by atoms with E-state index in [0.717, 1.165) is 6.61 Å². The van der Waals surface area contributed by atoms with Crippen LogP contribution in [0.3, 0.4) is 0 Å². The van der Waals surface area contributed by atoms with Gasteiger partial charge in [-0.3, -0.25) is 0 Å². The Balaban J connectivity index is 0.000000232. The van der Waals surface area contributed by atoms with Crippen LogP contribution in [0.2, 0.25) is 6.04 Å². The fraction of sp³-hybridized carbons (Fsp3) is 0.462. The number of carbonyl (C=O) groups is 1. The van der Waals surface area contributed by atoms with E-state index in [1.54, 1.807) is 0 Å². The number of aliphatic hydroxyl groups excluding tert-OH is 1. The van der Waals surface area contributed by atoms with E-state index in [9.17, 15) is 4.79 Å². The highest BCUT2D eigenvalue weighted by atomic mass is 28.3. The summed E-state index contributed by atoms with van der Waals surface area (Å²) >= 11 is 0. The Bertz CT molecular complexity index is 347. The van der Waals surface area contributed by atoms with Crippen molar-refractivity contribution in [2.45, 2.75) is 31.9 Å². The van der Waals surface area contributed by atoms with E-state index in [1.807, 2.05) is 0 Å². The maximum Gasteiger partial charge on any atom is 0.332 e. The Hall–Kier alpha value is -1.17. The van der Waals surface area contributed by atoms with Crippen molar-refractivity contribution in [3.05, 3.63) is 30.3 Å². The number of hydrogen-bond acceptors (Lipinski definition) is 3. The molecule has 0 radical (unpaired) electrons. The van der Waals surface area contributed by atoms with Crippen LogP contribution in [0.25, 0.3) is 0 Å². The number of aliphatic carboxylic acids is 1. The lowest BCUT2D eigenvalue weighted by Gasteiger charge is -2.21. The van der Waals surface area contributed by atoms with Crippen LogP contribution in [0.5, 0.6) is 0 Å². The lowest BCUT2D eigenvalue weighted by Crippen LogP contribution is -2.36. The lowest BCUT2D eigenvalue weighted by molar-refractivity contribution is -0.145. The van der Waals surface area contributed by atoms with Crippen LogP contribution < -0.4 is 5.19 Å². The summed E-state index contributed by atoms with van der Waals surface area (Å²) < 4.78 is 5.80. The third-order valence-electron chi connectivity index (χ3n) is 2.71. The second-order valence-electron chi connectivity index (χ2n) is 4.28. The van der Waals surface area contributed by atoms with E-state index in [4.69, 9.17) is 14.6 Å². The fourth-order valence-corrected chi connectivity index (χ4v) is 4.13. The molecule has 2 atom stereocenters. The lowest BCUT2D eigenvalue weighted by atomic mass is 10.3. The summed E-state index contributed by atoms with van der Waals surface area (Å²) in [5.74, 6) is -1.19. The second-order valence-corrected chi connectivity index (χ2v) is 6.83. The molecule has 1 saturated heterocycles. The van der Waals surface area contributed by atoms with E-state index < -0.39 is 21.1 Å². The van der Waals surface area contributed by atoms with Crippen LogP contribution in [0.4, 0.5) is 0 Å². The zero-order valence-corrected chi connectivity index (χ0v) is 11.7. The van der Waals surface area contributed by atoms with Crippen molar-refractivity contribution in [2.24, 2.45) is 0 Å². The molecule has 0 aromatic heterocycles. The molecule has 1 aliphatic rings. The average molecular weight is 268 g/mol. The van der Waals surface area contributed by atoms with Crippen LogP contribution in [0.15, 0.2) is 30.3 Å². The molecule has 1 fully saturated rings. The van der Waals surface area contributed by atoms with Crippen molar-refractivity contribution < 1.29 is 19.4 Å². The van der Waals surface area contributed by atoms with Gasteiger partial charge in [0.05, 0.1) is 0 Å². The van der Waals surface area contributed by atoms with Crippen molar-refractivity contribution >= 4 is 20.2 Å². The monoisotopic (exact) mass is 268 g/mol. The largest absolute Gasteiger partial charge is 0.479 e. The van der Waals surface area contributed by atoms with Gasteiger partial charge in [0.1, 0.15) is 6.10 Å². The van der Waals surface area contributed by atoms with Crippen LogP contribution in [-0.2, 0) is 9.22 Å². The second kappa shape index (κ2) is 8.02. The summed E-state index contributed by atoms with van der Waals surface area (Å²) in [6.07, 6.45) is 1.40. The highest BCUT2D eigenvalue weighted by Crippen LogP contribution is 2.10. The summed E-state index contributed by atoms with van der Waals surface area (Å²) in [6, 6.07) is 12.0. The van der Waals surface area contributed by atoms with Crippen molar-refractivity contribution in [2.75, 3.05) is 6.61 Å². The number of aliphatic hydroxyl groups is 1. The van der Waals surface area contributed by atoms with Crippen molar-refractivity contribution in [1.82, 2.24) is 0 Å². The van der Waals surface area contributed by atoms with E-state index in [-0.39, 0.29) is 0 Å². The first-order chi connectivity index (χ1) is 8.61. The summed E-state index contributed by atoms with van der Waals surface area (Å²) in [7, 11) is -0.984. The van der Waals surface area contributed by atoms with E-state index in [2.05, 4.69) is 30.3 Å². The summed E-state index contributed by atoms with van der Waals surface area (Å²) in [4.78, 5) is 9.45. The van der Waals surface area contributed by atoms with Gasteiger partial charge in [0.15, 0.2) is 0 Å². The minimum absolute atomic E-state index is 0.984. The number of benzene rings is 1. The Kier molecular flexibility index (Phi) is 6.63. The highest BCUT2D eigenvalue weighted by Gasteiger charge is 2.17. The Morgan fingerprint density at radius 1 is 1.33 bits per heavy atom. The molecule has 5 heteroatoms. The first-order valence-electron chi connectivity index (χ1n) is 6.18. The number of carboxylic acid groups (broad SMARTS) is 1. The molecule has 2 N–H and O–H groups in total. The highest BCUT2D eigenvalue weighted by molar-refractivity contribution is 6.67. The molecule has 100 valence electrons. The summed E-state index contributed by atoms with van der Waals surface area (Å²) in [5.41, 5.74) is 0. The molecule has 0 aliphatic carbocycles. The molecule has 1 aromatic carbocycles. The number of rotatable bonds is 2. The minimum atomic E-state index is -1.23. The third-order valence-corrected chi connectivity index (χ3v) is 5.41. The molecule has 1 heterocycles. The molecule has 4 nitrogen and oxygen atoms in total. The zero-order chi connectivity index (χ0) is 13.4. The zero-order valence-electron chi connectivity index (χ0n) is 10.6. The predicted octanol–water partition coefficient (Wildman–Crippen LogP) is 0.880. The molecule has 0 bridgehead atoms. The number of hydrogen-bond donors (Lipinski definition) is 2. The Morgan fingerprint density at radius 3 is 2.39 bits per heavy atom.